The molecule has 0 bridgehead atoms. The van der Waals surface area contributed by atoms with Crippen LogP contribution >= 0.6 is 0 Å². The molecular weight excluding hydrogens is 372 g/mol. The van der Waals surface area contributed by atoms with E-state index < -0.39 is 0 Å². The number of H-pyrrole nitrogens is 1. The number of pyridine rings is 1. The van der Waals surface area contributed by atoms with E-state index in [1.54, 1.807) is 7.11 Å². The molecule has 30 heavy (non-hydrogen) atoms. The van der Waals surface area contributed by atoms with Gasteiger partial charge in [0, 0.05) is 40.9 Å². The molecule has 1 aliphatic carbocycles. The zero-order valence-electron chi connectivity index (χ0n) is 16.8. The average molecular weight is 394 g/mol. The highest BCUT2D eigenvalue weighted by Crippen LogP contribution is 2.36. The van der Waals surface area contributed by atoms with Gasteiger partial charge in [-0.2, -0.15) is 0 Å². The van der Waals surface area contributed by atoms with Crippen LogP contribution in [0.25, 0.3) is 33.3 Å². The summed E-state index contributed by atoms with van der Waals surface area (Å²) < 4.78 is 11.6. The van der Waals surface area contributed by atoms with Gasteiger partial charge in [0.25, 0.3) is 0 Å². The average Bonchev–Trinajstić information content (AvgIpc) is 3.23. The van der Waals surface area contributed by atoms with Crippen LogP contribution in [0.2, 0.25) is 0 Å². The Morgan fingerprint density at radius 3 is 2.77 bits per heavy atom. The highest BCUT2D eigenvalue weighted by atomic mass is 16.5. The van der Waals surface area contributed by atoms with Crippen LogP contribution in [-0.2, 0) is 0 Å². The largest absolute Gasteiger partial charge is 0.497 e. The number of hydrogen-bond acceptors (Lipinski definition) is 3. The van der Waals surface area contributed by atoms with Crippen molar-refractivity contribution >= 4 is 11.0 Å². The second-order valence-corrected chi connectivity index (χ2v) is 7.25. The number of methoxy groups -OCH3 is 1. The highest BCUT2D eigenvalue weighted by Gasteiger charge is 2.13. The number of nitrogens with one attached hydrogen (secondary N) is 1. The van der Waals surface area contributed by atoms with Crippen molar-refractivity contribution in [2.75, 3.05) is 7.11 Å². The number of ether oxygens (including phenoxy) is 2. The molecule has 1 aliphatic rings. The van der Waals surface area contributed by atoms with Crippen molar-refractivity contribution < 1.29 is 9.47 Å². The third-order valence-corrected chi connectivity index (χ3v) is 5.33. The SMILES string of the molecule is COc1cccc(-c2c[nH]c3ncc(-c4ccccc4OC4=CC=CCC4)cc23)c1. The molecule has 0 atom stereocenters. The van der Waals surface area contributed by atoms with Gasteiger partial charge in [-0.3, -0.25) is 0 Å². The summed E-state index contributed by atoms with van der Waals surface area (Å²) in [4.78, 5) is 7.95. The van der Waals surface area contributed by atoms with E-state index in [-0.39, 0.29) is 0 Å². The topological polar surface area (TPSA) is 47.1 Å². The van der Waals surface area contributed by atoms with E-state index in [0.717, 1.165) is 63.4 Å². The van der Waals surface area contributed by atoms with Gasteiger partial charge >= 0.3 is 0 Å². The van der Waals surface area contributed by atoms with Gasteiger partial charge in [0.15, 0.2) is 0 Å². The molecule has 0 aliphatic heterocycles. The van der Waals surface area contributed by atoms with E-state index >= 15 is 0 Å². The Morgan fingerprint density at radius 2 is 1.90 bits per heavy atom. The fraction of sp³-hybridized carbons (Fsp3) is 0.115. The minimum Gasteiger partial charge on any atom is -0.497 e. The predicted molar refractivity (Wildman–Crippen MR) is 121 cm³/mol. The van der Waals surface area contributed by atoms with Crippen LogP contribution in [0.3, 0.4) is 0 Å². The zero-order valence-corrected chi connectivity index (χ0v) is 16.8. The van der Waals surface area contributed by atoms with E-state index in [1.807, 2.05) is 54.9 Å². The van der Waals surface area contributed by atoms with Crippen molar-refractivity contribution in [3.8, 4) is 33.8 Å². The molecular formula is C26H22N2O2. The molecule has 0 amide bonds. The van der Waals surface area contributed by atoms with Crippen LogP contribution in [0.4, 0.5) is 0 Å². The highest BCUT2D eigenvalue weighted by molar-refractivity contribution is 5.96. The number of para-hydroxylation sites is 1. The number of aromatic nitrogens is 2. The summed E-state index contributed by atoms with van der Waals surface area (Å²) in [6, 6.07) is 18.4. The maximum Gasteiger partial charge on any atom is 0.137 e. The smallest absolute Gasteiger partial charge is 0.137 e. The number of nitrogens with zero attached hydrogens (tertiary/aromatic N) is 1. The summed E-state index contributed by atoms with van der Waals surface area (Å²) in [7, 11) is 1.68. The predicted octanol–water partition coefficient (Wildman–Crippen LogP) is 6.52. The molecule has 0 saturated carbocycles. The van der Waals surface area contributed by atoms with Gasteiger partial charge in [0.2, 0.25) is 0 Å². The Bertz CT molecular complexity index is 1270. The summed E-state index contributed by atoms with van der Waals surface area (Å²) in [6.45, 7) is 0. The molecule has 0 unspecified atom stereocenters. The monoisotopic (exact) mass is 394 g/mol. The van der Waals surface area contributed by atoms with Crippen LogP contribution in [0, 0.1) is 0 Å². The second-order valence-electron chi connectivity index (χ2n) is 7.25. The van der Waals surface area contributed by atoms with Crippen LogP contribution < -0.4 is 9.47 Å². The fourth-order valence-corrected chi connectivity index (χ4v) is 3.78. The van der Waals surface area contributed by atoms with Crippen molar-refractivity contribution in [2.24, 2.45) is 0 Å². The molecule has 0 saturated heterocycles. The van der Waals surface area contributed by atoms with E-state index in [4.69, 9.17) is 9.47 Å². The summed E-state index contributed by atoms with van der Waals surface area (Å²) in [5.74, 6) is 2.66. The number of hydrogen-bond donors (Lipinski definition) is 1. The van der Waals surface area contributed by atoms with Crippen molar-refractivity contribution in [1.82, 2.24) is 9.97 Å². The van der Waals surface area contributed by atoms with Crippen LogP contribution in [0.15, 0.2) is 91.0 Å². The molecule has 0 fully saturated rings. The van der Waals surface area contributed by atoms with Crippen molar-refractivity contribution in [3.05, 3.63) is 91.0 Å². The number of benzene rings is 2. The maximum atomic E-state index is 6.24. The lowest BCUT2D eigenvalue weighted by molar-refractivity contribution is 0.404. The number of allylic oxidation sites excluding steroid dienone is 4. The lowest BCUT2D eigenvalue weighted by atomic mass is 10.0. The quantitative estimate of drug-likeness (QED) is 0.419. The number of aromatic amines is 1. The lowest BCUT2D eigenvalue weighted by Crippen LogP contribution is -1.98. The Kier molecular flexibility index (Phi) is 4.81. The summed E-state index contributed by atoms with van der Waals surface area (Å²) in [5, 5.41) is 1.07. The molecule has 148 valence electrons. The molecule has 2 aromatic carbocycles. The van der Waals surface area contributed by atoms with Gasteiger partial charge in [-0.15, -0.1) is 0 Å². The normalized spacial score (nSPS) is 13.3. The fourth-order valence-electron chi connectivity index (χ4n) is 3.78. The Morgan fingerprint density at radius 1 is 0.967 bits per heavy atom. The summed E-state index contributed by atoms with van der Waals surface area (Å²) in [5.41, 5.74) is 5.09. The first kappa shape index (κ1) is 18.3. The Balaban J connectivity index is 1.58. The van der Waals surface area contributed by atoms with Crippen molar-refractivity contribution in [1.29, 1.82) is 0 Å². The molecule has 4 nitrogen and oxygen atoms in total. The van der Waals surface area contributed by atoms with E-state index in [2.05, 4.69) is 40.3 Å². The lowest BCUT2D eigenvalue weighted by Gasteiger charge is -2.15. The maximum absolute atomic E-state index is 6.24. The first-order valence-corrected chi connectivity index (χ1v) is 10.1. The third kappa shape index (κ3) is 3.48. The molecule has 1 N–H and O–H groups in total. The first-order chi connectivity index (χ1) is 14.8. The standard InChI is InChI=1S/C26H22N2O2/c1-29-21-11-7-8-18(14-21)24-17-28-26-23(24)15-19(16-27-26)22-12-5-6-13-25(22)30-20-9-3-2-4-10-20/h2-3,5-9,11-17H,4,10H2,1H3,(H,27,28). The van der Waals surface area contributed by atoms with Gasteiger partial charge in [0.1, 0.15) is 22.9 Å². The second kappa shape index (κ2) is 7.91. The van der Waals surface area contributed by atoms with Crippen molar-refractivity contribution in [2.45, 2.75) is 12.8 Å². The van der Waals surface area contributed by atoms with Gasteiger partial charge in [-0.1, -0.05) is 42.5 Å². The molecule has 4 heteroatoms. The molecule has 0 radical (unpaired) electrons. The van der Waals surface area contributed by atoms with Gasteiger partial charge < -0.3 is 14.5 Å². The summed E-state index contributed by atoms with van der Waals surface area (Å²) in [6.07, 6.45) is 12.1. The van der Waals surface area contributed by atoms with E-state index in [9.17, 15) is 0 Å². The van der Waals surface area contributed by atoms with Crippen LogP contribution in [-0.4, -0.2) is 17.1 Å². The molecule has 4 aromatic rings. The van der Waals surface area contributed by atoms with Gasteiger partial charge in [0.05, 0.1) is 7.11 Å². The minimum atomic E-state index is 0.833. The molecule has 2 aromatic heterocycles. The molecule has 0 spiro atoms. The zero-order chi connectivity index (χ0) is 20.3. The Labute approximate surface area is 175 Å². The summed E-state index contributed by atoms with van der Waals surface area (Å²) >= 11 is 0. The van der Waals surface area contributed by atoms with Gasteiger partial charge in [-0.25, -0.2) is 4.98 Å². The Hall–Kier alpha value is -3.79. The van der Waals surface area contributed by atoms with Gasteiger partial charge in [-0.05, 0) is 42.3 Å². The number of rotatable bonds is 5. The third-order valence-electron chi connectivity index (χ3n) is 5.33. The molecule has 5 rings (SSSR count). The van der Waals surface area contributed by atoms with Crippen LogP contribution in [0.1, 0.15) is 12.8 Å². The first-order valence-electron chi connectivity index (χ1n) is 10.1. The number of fused-ring (bicyclic) bond motifs is 1. The minimum absolute atomic E-state index is 0.833. The van der Waals surface area contributed by atoms with Crippen molar-refractivity contribution in [3.63, 3.8) is 0 Å². The molecule has 2 heterocycles. The van der Waals surface area contributed by atoms with E-state index in [0.29, 0.717) is 0 Å². The van der Waals surface area contributed by atoms with E-state index in [1.165, 1.54) is 0 Å². The van der Waals surface area contributed by atoms with Crippen LogP contribution in [0.5, 0.6) is 11.5 Å².